The number of rotatable bonds is 6. The highest BCUT2D eigenvalue weighted by Gasteiger charge is 2.13. The van der Waals surface area contributed by atoms with Gasteiger partial charge in [0.1, 0.15) is 17.6 Å². The van der Waals surface area contributed by atoms with Crippen LogP contribution in [0.4, 0.5) is 5.82 Å². The van der Waals surface area contributed by atoms with Crippen molar-refractivity contribution in [2.24, 2.45) is 14.1 Å². The Bertz CT molecular complexity index is 1030. The van der Waals surface area contributed by atoms with Crippen molar-refractivity contribution in [3.8, 4) is 11.8 Å². The van der Waals surface area contributed by atoms with E-state index in [0.717, 1.165) is 15.2 Å². The lowest BCUT2D eigenvalue weighted by atomic mass is 10.2. The van der Waals surface area contributed by atoms with Crippen LogP contribution in [-0.2, 0) is 28.4 Å². The standard InChI is InChI=1S/C17H16N4O6/c1-20-13(7-15(23)21(2)17(20)25)19-14(22)9-27-16(24)10-26-12-6-4-3-5-11(12)8-18/h3-7H,9-10H2,1-2H3,(H,19,22). The van der Waals surface area contributed by atoms with Crippen molar-refractivity contribution in [2.75, 3.05) is 18.5 Å². The van der Waals surface area contributed by atoms with Crippen LogP contribution in [0, 0.1) is 11.3 Å². The number of hydrogen-bond acceptors (Lipinski definition) is 7. The molecule has 0 spiro atoms. The van der Waals surface area contributed by atoms with Gasteiger partial charge < -0.3 is 14.8 Å². The maximum Gasteiger partial charge on any atom is 0.344 e. The van der Waals surface area contributed by atoms with Gasteiger partial charge in [-0.1, -0.05) is 12.1 Å². The molecule has 0 atom stereocenters. The van der Waals surface area contributed by atoms with E-state index in [-0.39, 0.29) is 17.1 Å². The highest BCUT2D eigenvalue weighted by molar-refractivity contribution is 5.92. The van der Waals surface area contributed by atoms with E-state index in [1.165, 1.54) is 26.2 Å². The van der Waals surface area contributed by atoms with E-state index in [4.69, 9.17) is 14.7 Å². The Balaban J connectivity index is 1.89. The second-order valence-corrected chi connectivity index (χ2v) is 5.37. The summed E-state index contributed by atoms with van der Waals surface area (Å²) in [6, 6.07) is 9.34. The molecule has 10 nitrogen and oxygen atoms in total. The Labute approximate surface area is 153 Å². The third-order valence-corrected chi connectivity index (χ3v) is 3.51. The molecule has 2 aromatic rings. The lowest BCUT2D eigenvalue weighted by Gasteiger charge is -2.11. The van der Waals surface area contributed by atoms with Gasteiger partial charge >= 0.3 is 11.7 Å². The number of ether oxygens (including phenoxy) is 2. The fourth-order valence-corrected chi connectivity index (χ4v) is 2.04. The fraction of sp³-hybridized carbons (Fsp3) is 0.235. The zero-order valence-electron chi connectivity index (χ0n) is 14.6. The molecule has 1 N–H and O–H groups in total. The van der Waals surface area contributed by atoms with Gasteiger partial charge in [0.25, 0.3) is 11.5 Å². The number of para-hydroxylation sites is 1. The van der Waals surface area contributed by atoms with Crippen LogP contribution in [0.15, 0.2) is 39.9 Å². The third-order valence-electron chi connectivity index (χ3n) is 3.51. The van der Waals surface area contributed by atoms with Crippen molar-refractivity contribution in [2.45, 2.75) is 0 Å². The number of hydrogen-bond donors (Lipinski definition) is 1. The molecule has 10 heteroatoms. The van der Waals surface area contributed by atoms with E-state index in [0.29, 0.717) is 0 Å². The fourth-order valence-electron chi connectivity index (χ4n) is 2.04. The van der Waals surface area contributed by atoms with E-state index in [1.807, 2.05) is 6.07 Å². The summed E-state index contributed by atoms with van der Waals surface area (Å²) in [6.45, 7) is -1.12. The lowest BCUT2D eigenvalue weighted by molar-refractivity contribution is -0.149. The average molecular weight is 372 g/mol. The third kappa shape index (κ3) is 4.82. The van der Waals surface area contributed by atoms with Crippen LogP contribution in [0.2, 0.25) is 0 Å². The molecule has 2 rings (SSSR count). The number of carbonyl (C=O) groups excluding carboxylic acids is 2. The van der Waals surface area contributed by atoms with Crippen LogP contribution in [-0.4, -0.2) is 34.2 Å². The molecular weight excluding hydrogens is 356 g/mol. The van der Waals surface area contributed by atoms with Crippen molar-refractivity contribution < 1.29 is 19.1 Å². The van der Waals surface area contributed by atoms with Crippen molar-refractivity contribution in [3.63, 3.8) is 0 Å². The minimum absolute atomic E-state index is 0.0247. The number of carbonyl (C=O) groups is 2. The molecule has 0 unspecified atom stereocenters. The predicted octanol–water partition coefficient (Wildman–Crippen LogP) is -0.484. The molecule has 140 valence electrons. The van der Waals surface area contributed by atoms with Gasteiger partial charge in [0.05, 0.1) is 5.56 Å². The minimum atomic E-state index is -0.823. The minimum Gasteiger partial charge on any atom is -0.481 e. The van der Waals surface area contributed by atoms with Crippen LogP contribution in [0.3, 0.4) is 0 Å². The van der Waals surface area contributed by atoms with Crippen molar-refractivity contribution in [1.82, 2.24) is 9.13 Å². The molecule has 0 aliphatic rings. The molecule has 0 fully saturated rings. The van der Waals surface area contributed by atoms with E-state index in [2.05, 4.69) is 5.32 Å². The second kappa shape index (κ2) is 8.48. The molecule has 0 radical (unpaired) electrons. The number of nitrogens with zero attached hydrogens (tertiary/aromatic N) is 3. The molecule has 0 saturated carbocycles. The zero-order chi connectivity index (χ0) is 20.0. The van der Waals surface area contributed by atoms with Gasteiger partial charge in [-0.25, -0.2) is 9.59 Å². The topological polar surface area (TPSA) is 132 Å². The maximum atomic E-state index is 11.9. The molecule has 1 amide bonds. The van der Waals surface area contributed by atoms with Gasteiger partial charge in [0.2, 0.25) is 0 Å². The number of nitriles is 1. The van der Waals surface area contributed by atoms with Crippen LogP contribution >= 0.6 is 0 Å². The first-order valence-electron chi connectivity index (χ1n) is 7.68. The highest BCUT2D eigenvalue weighted by atomic mass is 16.6. The number of amides is 1. The van der Waals surface area contributed by atoms with Crippen LogP contribution in [0.1, 0.15) is 5.56 Å². The summed E-state index contributed by atoms with van der Waals surface area (Å²) in [5, 5.41) is 11.2. The number of esters is 1. The Morgan fingerprint density at radius 1 is 1.15 bits per heavy atom. The molecule has 0 aliphatic carbocycles. The molecule has 0 saturated heterocycles. The molecule has 1 heterocycles. The molecule has 0 bridgehead atoms. The molecule has 1 aromatic heterocycles. The van der Waals surface area contributed by atoms with Gasteiger partial charge in [0.15, 0.2) is 13.2 Å². The van der Waals surface area contributed by atoms with Gasteiger partial charge in [-0.05, 0) is 12.1 Å². The monoisotopic (exact) mass is 372 g/mol. The van der Waals surface area contributed by atoms with Gasteiger partial charge in [0, 0.05) is 20.2 Å². The Hall–Kier alpha value is -3.87. The van der Waals surface area contributed by atoms with Crippen molar-refractivity contribution in [3.05, 3.63) is 56.7 Å². The summed E-state index contributed by atoms with van der Waals surface area (Å²) in [7, 11) is 2.69. The predicted molar refractivity (Wildman–Crippen MR) is 93.2 cm³/mol. The Morgan fingerprint density at radius 3 is 2.56 bits per heavy atom. The highest BCUT2D eigenvalue weighted by Crippen LogP contribution is 2.16. The Kier molecular flexibility index (Phi) is 6.11. The number of nitrogens with one attached hydrogen (secondary N) is 1. The Morgan fingerprint density at radius 2 is 1.85 bits per heavy atom. The largest absolute Gasteiger partial charge is 0.481 e. The molecule has 27 heavy (non-hydrogen) atoms. The van der Waals surface area contributed by atoms with Gasteiger partial charge in [-0.3, -0.25) is 18.7 Å². The zero-order valence-corrected chi connectivity index (χ0v) is 14.6. The van der Waals surface area contributed by atoms with E-state index in [1.54, 1.807) is 12.1 Å². The smallest absolute Gasteiger partial charge is 0.344 e. The summed E-state index contributed by atoms with van der Waals surface area (Å²) >= 11 is 0. The first kappa shape index (κ1) is 19.5. The molecule has 1 aromatic carbocycles. The van der Waals surface area contributed by atoms with Crippen LogP contribution < -0.4 is 21.3 Å². The number of anilines is 1. The first-order valence-corrected chi connectivity index (χ1v) is 7.68. The summed E-state index contributed by atoms with van der Waals surface area (Å²) in [4.78, 5) is 46.9. The van der Waals surface area contributed by atoms with E-state index >= 15 is 0 Å². The van der Waals surface area contributed by atoms with Crippen molar-refractivity contribution in [1.29, 1.82) is 5.26 Å². The molecule has 0 aliphatic heterocycles. The maximum absolute atomic E-state index is 11.9. The quantitative estimate of drug-likeness (QED) is 0.677. The summed E-state index contributed by atoms with van der Waals surface area (Å²) < 4.78 is 11.9. The average Bonchev–Trinajstić information content (AvgIpc) is 2.67. The number of aromatic nitrogens is 2. The van der Waals surface area contributed by atoms with Gasteiger partial charge in [-0.15, -0.1) is 0 Å². The summed E-state index contributed by atoms with van der Waals surface area (Å²) in [5.74, 6) is -1.36. The second-order valence-electron chi connectivity index (χ2n) is 5.37. The number of benzene rings is 1. The van der Waals surface area contributed by atoms with Crippen LogP contribution in [0.25, 0.3) is 0 Å². The molecular formula is C17H16N4O6. The SMILES string of the molecule is Cn1c(NC(=O)COC(=O)COc2ccccc2C#N)cc(=O)n(C)c1=O. The van der Waals surface area contributed by atoms with Crippen molar-refractivity contribution >= 4 is 17.7 Å². The summed E-state index contributed by atoms with van der Waals surface area (Å²) in [6.07, 6.45) is 0. The van der Waals surface area contributed by atoms with E-state index in [9.17, 15) is 19.2 Å². The van der Waals surface area contributed by atoms with Crippen LogP contribution in [0.5, 0.6) is 5.75 Å². The van der Waals surface area contributed by atoms with Gasteiger partial charge in [-0.2, -0.15) is 5.26 Å². The normalized spacial score (nSPS) is 9.96. The first-order chi connectivity index (χ1) is 12.8. The van der Waals surface area contributed by atoms with E-state index < -0.39 is 36.3 Å². The lowest BCUT2D eigenvalue weighted by Crippen LogP contribution is -2.38. The summed E-state index contributed by atoms with van der Waals surface area (Å²) in [5.41, 5.74) is -0.941.